The lowest BCUT2D eigenvalue weighted by Crippen LogP contribution is -2.13. The van der Waals surface area contributed by atoms with Gasteiger partial charge in [-0.2, -0.15) is 10.2 Å². The average Bonchev–Trinajstić information content (AvgIpc) is 3.53. The number of hydrogen-bond acceptors (Lipinski definition) is 8. The molecule has 0 aliphatic carbocycles. The summed E-state index contributed by atoms with van der Waals surface area (Å²) in [6.45, 7) is 2.57. The van der Waals surface area contributed by atoms with Crippen LogP contribution in [-0.4, -0.2) is 52.0 Å². The van der Waals surface area contributed by atoms with E-state index in [4.69, 9.17) is 9.84 Å². The van der Waals surface area contributed by atoms with E-state index >= 15 is 0 Å². The number of carbonyl (C=O) groups is 1. The molecule has 0 unspecified atom stereocenters. The zero-order valence-corrected chi connectivity index (χ0v) is 19.5. The number of anilines is 2. The zero-order chi connectivity index (χ0) is 24.1. The van der Waals surface area contributed by atoms with Gasteiger partial charge in [0.25, 0.3) is 0 Å². The molecule has 0 saturated heterocycles. The molecule has 5 aromatic heterocycles. The summed E-state index contributed by atoms with van der Waals surface area (Å²) in [6.07, 6.45) is 6.75. The number of aldehydes is 1. The maximum Gasteiger partial charge on any atom is 0.222 e. The number of nitrogens with one attached hydrogen (secondary N) is 1. The van der Waals surface area contributed by atoms with Crippen LogP contribution in [0.1, 0.15) is 29.9 Å². The highest BCUT2D eigenvalue weighted by Gasteiger charge is 2.22. The third kappa shape index (κ3) is 3.43. The number of pyridine rings is 1. The first kappa shape index (κ1) is 21.0. The molecule has 0 spiro atoms. The van der Waals surface area contributed by atoms with Crippen LogP contribution in [0.15, 0.2) is 42.9 Å². The first-order valence-electron chi connectivity index (χ1n) is 11.3. The molecule has 0 fully saturated rings. The van der Waals surface area contributed by atoms with Crippen molar-refractivity contribution in [2.45, 2.75) is 19.4 Å². The summed E-state index contributed by atoms with van der Waals surface area (Å²) in [6, 6.07) is 7.48. The molecule has 35 heavy (non-hydrogen) atoms. The number of nitrogens with zero attached hydrogens (tertiary/aromatic N) is 8. The molecule has 1 aliphatic heterocycles. The fraction of sp³-hybridized carbons (Fsp3) is 0.250. The Morgan fingerprint density at radius 1 is 1.14 bits per heavy atom. The highest BCUT2D eigenvalue weighted by molar-refractivity contribution is 5.94. The van der Waals surface area contributed by atoms with Crippen molar-refractivity contribution in [2.24, 2.45) is 14.1 Å². The highest BCUT2D eigenvalue weighted by Crippen LogP contribution is 2.34. The number of rotatable bonds is 2. The minimum Gasteiger partial charge on any atom is -0.477 e. The maximum absolute atomic E-state index is 11.4. The first-order chi connectivity index (χ1) is 17.0. The Hall–Kier alpha value is -4.54. The van der Waals surface area contributed by atoms with Gasteiger partial charge in [0.15, 0.2) is 12.1 Å². The fourth-order valence-corrected chi connectivity index (χ4v) is 4.40. The van der Waals surface area contributed by atoms with Gasteiger partial charge in [0, 0.05) is 44.4 Å². The van der Waals surface area contributed by atoms with E-state index in [9.17, 15) is 4.79 Å². The summed E-state index contributed by atoms with van der Waals surface area (Å²) < 4.78 is 11.7. The van der Waals surface area contributed by atoms with E-state index in [1.54, 1.807) is 35.4 Å². The van der Waals surface area contributed by atoms with Crippen LogP contribution in [-0.2, 0) is 14.1 Å². The third-order valence-electron chi connectivity index (χ3n) is 6.34. The quantitative estimate of drug-likeness (QED) is 0.390. The van der Waals surface area contributed by atoms with Crippen LogP contribution in [0.25, 0.3) is 33.7 Å². The molecule has 0 amide bonds. The number of carbonyl (C=O) groups excluding carboxylic acids is 1. The first-order valence-corrected chi connectivity index (χ1v) is 11.3. The maximum atomic E-state index is 11.4. The van der Waals surface area contributed by atoms with E-state index in [0.29, 0.717) is 42.1 Å². The van der Waals surface area contributed by atoms with E-state index in [-0.39, 0.29) is 6.04 Å². The van der Waals surface area contributed by atoms with E-state index in [0.717, 1.165) is 34.1 Å². The van der Waals surface area contributed by atoms with Crippen LogP contribution < -0.4 is 10.1 Å². The normalized spacial score (nSPS) is 15.3. The van der Waals surface area contributed by atoms with Crippen LogP contribution in [0.3, 0.4) is 0 Å². The molecular weight excluding hydrogens is 446 g/mol. The number of ether oxygens (including phenoxy) is 1. The lowest BCUT2D eigenvalue weighted by atomic mass is 10.2. The van der Waals surface area contributed by atoms with Gasteiger partial charge in [0.1, 0.15) is 22.9 Å². The van der Waals surface area contributed by atoms with Gasteiger partial charge < -0.3 is 14.6 Å². The summed E-state index contributed by atoms with van der Waals surface area (Å²) in [5.41, 5.74) is 3.84. The van der Waals surface area contributed by atoms with Crippen LogP contribution in [0, 0.1) is 0 Å². The second-order valence-electron chi connectivity index (χ2n) is 8.56. The Kier molecular flexibility index (Phi) is 4.83. The minimum absolute atomic E-state index is 0.0287. The third-order valence-corrected chi connectivity index (χ3v) is 6.34. The summed E-state index contributed by atoms with van der Waals surface area (Å²) >= 11 is 0. The van der Waals surface area contributed by atoms with Crippen LogP contribution in [0.5, 0.6) is 5.88 Å². The number of aryl methyl sites for hydroxylation is 1. The zero-order valence-electron chi connectivity index (χ0n) is 19.5. The van der Waals surface area contributed by atoms with Crippen molar-refractivity contribution in [1.82, 2.24) is 39.1 Å². The van der Waals surface area contributed by atoms with Crippen molar-refractivity contribution in [1.29, 1.82) is 0 Å². The molecule has 6 heterocycles. The van der Waals surface area contributed by atoms with Gasteiger partial charge in [0.2, 0.25) is 5.88 Å². The minimum atomic E-state index is 0.0287. The molecular formula is C24H23N9O2. The Morgan fingerprint density at radius 2 is 2.03 bits per heavy atom. The molecule has 0 radical (unpaired) electrons. The molecule has 176 valence electrons. The van der Waals surface area contributed by atoms with Crippen molar-refractivity contribution < 1.29 is 9.53 Å². The molecule has 0 aromatic carbocycles. The smallest absolute Gasteiger partial charge is 0.222 e. The molecule has 1 N–H and O–H groups in total. The Labute approximate surface area is 200 Å². The van der Waals surface area contributed by atoms with Crippen molar-refractivity contribution in [3.8, 4) is 28.7 Å². The Bertz CT molecular complexity index is 1580. The van der Waals surface area contributed by atoms with Crippen molar-refractivity contribution in [3.63, 3.8) is 0 Å². The van der Waals surface area contributed by atoms with E-state index < -0.39 is 0 Å². The lowest BCUT2D eigenvalue weighted by Gasteiger charge is -2.16. The number of hydrogen-bond donors (Lipinski definition) is 1. The average molecular weight is 470 g/mol. The summed E-state index contributed by atoms with van der Waals surface area (Å²) in [5, 5.41) is 13.5. The second kappa shape index (κ2) is 8.05. The van der Waals surface area contributed by atoms with E-state index in [1.165, 1.54) is 0 Å². The summed E-state index contributed by atoms with van der Waals surface area (Å²) in [4.78, 5) is 25.1. The Morgan fingerprint density at radius 3 is 2.86 bits per heavy atom. The lowest BCUT2D eigenvalue weighted by molar-refractivity contribution is 0.111. The van der Waals surface area contributed by atoms with Crippen LogP contribution >= 0.6 is 0 Å². The van der Waals surface area contributed by atoms with Gasteiger partial charge in [-0.15, -0.1) is 0 Å². The number of aromatic nitrogens is 8. The van der Waals surface area contributed by atoms with Crippen molar-refractivity contribution >= 4 is 28.8 Å². The molecule has 0 saturated carbocycles. The molecule has 5 aromatic rings. The van der Waals surface area contributed by atoms with Gasteiger partial charge in [-0.3, -0.25) is 9.48 Å². The van der Waals surface area contributed by atoms with Gasteiger partial charge in [-0.25, -0.2) is 19.6 Å². The summed E-state index contributed by atoms with van der Waals surface area (Å²) in [7, 11) is 3.69. The van der Waals surface area contributed by atoms with Gasteiger partial charge in [-0.1, -0.05) is 0 Å². The van der Waals surface area contributed by atoms with Crippen molar-refractivity contribution in [3.05, 3.63) is 48.5 Å². The highest BCUT2D eigenvalue weighted by atomic mass is 16.5. The van der Waals surface area contributed by atoms with Gasteiger partial charge in [-0.05, 0) is 25.1 Å². The largest absolute Gasteiger partial charge is 0.477 e. The van der Waals surface area contributed by atoms with E-state index in [1.807, 2.05) is 35.5 Å². The molecule has 11 heteroatoms. The monoisotopic (exact) mass is 469 g/mol. The molecule has 1 atom stereocenters. The molecule has 1 aliphatic rings. The predicted molar refractivity (Wildman–Crippen MR) is 130 cm³/mol. The molecule has 4 bridgehead atoms. The summed E-state index contributed by atoms with van der Waals surface area (Å²) in [5.74, 6) is 2.37. The molecule has 11 nitrogen and oxygen atoms in total. The van der Waals surface area contributed by atoms with E-state index in [2.05, 4.69) is 32.3 Å². The van der Waals surface area contributed by atoms with Gasteiger partial charge >= 0.3 is 0 Å². The number of fused-ring (bicyclic) bond motifs is 5. The molecule has 6 rings (SSSR count). The Balaban J connectivity index is 1.51. The van der Waals surface area contributed by atoms with Crippen LogP contribution in [0.2, 0.25) is 0 Å². The van der Waals surface area contributed by atoms with Crippen molar-refractivity contribution in [2.75, 3.05) is 11.9 Å². The standard InChI is InChI=1S/C24H23N9O2/c1-14-7-9-35-24-17(12-27-32(24)3)23-25-8-6-20(29-23)28-21-10-19-16(11-26-21)22(30-33(14)19)18-5-4-15(13-34)31(18)2/h4-6,8,10-14H,7,9H2,1-3H3,(H,25,26,28,29)/t14-/m0/s1. The van der Waals surface area contributed by atoms with Gasteiger partial charge in [0.05, 0.1) is 35.8 Å². The predicted octanol–water partition coefficient (Wildman–Crippen LogP) is 3.53. The second-order valence-corrected chi connectivity index (χ2v) is 8.56. The fourth-order valence-electron chi connectivity index (χ4n) is 4.40. The SMILES string of the molecule is C[C@H]1CCOc2c(cnn2C)-c2nccc(n2)Nc2cc3c(cn2)c(-c2ccc(C=O)n2C)nn31. The van der Waals surface area contributed by atoms with Crippen LogP contribution in [0.4, 0.5) is 11.6 Å². The topological polar surface area (TPSA) is 118 Å².